The molecule has 1 atom stereocenters. The normalized spacial score (nSPS) is 19.0. The largest absolute Gasteiger partial charge is 0.497 e. The summed E-state index contributed by atoms with van der Waals surface area (Å²) in [7, 11) is 1.67. The first kappa shape index (κ1) is 15.4. The van der Waals surface area contributed by atoms with Crippen molar-refractivity contribution in [3.63, 3.8) is 0 Å². The van der Waals surface area contributed by atoms with Crippen LogP contribution in [-0.2, 0) is 6.42 Å². The topological polar surface area (TPSA) is 73.6 Å². The molecule has 3 heterocycles. The Kier molecular flexibility index (Phi) is 3.65. The molecule has 1 aliphatic carbocycles. The van der Waals surface area contributed by atoms with Crippen molar-refractivity contribution < 1.29 is 9.47 Å². The lowest BCUT2D eigenvalue weighted by Crippen LogP contribution is -2.27. The van der Waals surface area contributed by atoms with Gasteiger partial charge in [-0.15, -0.1) is 10.2 Å². The quantitative estimate of drug-likeness (QED) is 0.762. The summed E-state index contributed by atoms with van der Waals surface area (Å²) in [4.78, 5) is 0. The van der Waals surface area contributed by atoms with Gasteiger partial charge in [0, 0.05) is 24.4 Å². The standard InChI is InChI=1S/C19H21N5O2/c1-25-15-5-4-14-6-12(10-26-18(14)7-15)9-20-17-8-16(13-2-3-13)23-24-11-21-22-19(17)24/h4-5,7-8,11-13,20H,2-3,6,9-10H2,1H3. The fraction of sp³-hybridized carbons (Fsp3) is 0.421. The molecule has 2 aromatic heterocycles. The first-order valence-corrected chi connectivity index (χ1v) is 9.04. The van der Waals surface area contributed by atoms with Crippen LogP contribution in [0.2, 0.25) is 0 Å². The van der Waals surface area contributed by atoms with Crippen LogP contribution in [0.3, 0.4) is 0 Å². The second kappa shape index (κ2) is 6.16. The van der Waals surface area contributed by atoms with Gasteiger partial charge in [-0.3, -0.25) is 0 Å². The number of hydrogen-bond donors (Lipinski definition) is 1. The maximum Gasteiger partial charge on any atom is 0.200 e. The number of ether oxygens (including phenoxy) is 2. The van der Waals surface area contributed by atoms with Crippen molar-refractivity contribution in [1.82, 2.24) is 19.8 Å². The van der Waals surface area contributed by atoms with Gasteiger partial charge in [-0.2, -0.15) is 9.61 Å². The van der Waals surface area contributed by atoms with Crippen molar-refractivity contribution in [2.45, 2.75) is 25.2 Å². The lowest BCUT2D eigenvalue weighted by atomic mass is 9.96. The molecule has 5 rings (SSSR count). The SMILES string of the molecule is COc1ccc2c(c1)OCC(CNc1cc(C3CC3)nn3cnnc13)C2. The van der Waals surface area contributed by atoms with Crippen molar-refractivity contribution >= 4 is 11.3 Å². The molecule has 134 valence electrons. The number of nitrogens with zero attached hydrogens (tertiary/aromatic N) is 4. The second-order valence-electron chi connectivity index (χ2n) is 7.09. The smallest absolute Gasteiger partial charge is 0.200 e. The van der Waals surface area contributed by atoms with E-state index in [0.717, 1.165) is 41.5 Å². The van der Waals surface area contributed by atoms with E-state index in [1.165, 1.54) is 18.4 Å². The third-order valence-corrected chi connectivity index (χ3v) is 5.12. The first-order valence-electron chi connectivity index (χ1n) is 9.04. The zero-order chi connectivity index (χ0) is 17.5. The maximum absolute atomic E-state index is 5.95. The molecule has 0 saturated heterocycles. The summed E-state index contributed by atoms with van der Waals surface area (Å²) in [5, 5.41) is 16.4. The summed E-state index contributed by atoms with van der Waals surface area (Å²) in [6.45, 7) is 1.51. The zero-order valence-corrected chi connectivity index (χ0v) is 14.7. The number of fused-ring (bicyclic) bond motifs is 2. The minimum Gasteiger partial charge on any atom is -0.497 e. The number of hydrogen-bond acceptors (Lipinski definition) is 6. The van der Waals surface area contributed by atoms with Crippen molar-refractivity contribution in [3.05, 3.63) is 41.9 Å². The molecule has 1 aromatic carbocycles. The third kappa shape index (κ3) is 2.83. The van der Waals surface area contributed by atoms with Crippen molar-refractivity contribution in [2.75, 3.05) is 25.6 Å². The van der Waals surface area contributed by atoms with Crippen LogP contribution in [0.1, 0.15) is 30.0 Å². The summed E-state index contributed by atoms with van der Waals surface area (Å²) >= 11 is 0. The minimum atomic E-state index is 0.399. The Morgan fingerprint density at radius 3 is 3.08 bits per heavy atom. The van der Waals surface area contributed by atoms with Crippen LogP contribution in [0, 0.1) is 5.92 Å². The van der Waals surface area contributed by atoms with Gasteiger partial charge < -0.3 is 14.8 Å². The van der Waals surface area contributed by atoms with E-state index in [1.54, 1.807) is 18.0 Å². The van der Waals surface area contributed by atoms with E-state index in [0.29, 0.717) is 18.4 Å². The Labute approximate surface area is 151 Å². The predicted octanol–water partition coefficient (Wildman–Crippen LogP) is 2.67. The summed E-state index contributed by atoms with van der Waals surface area (Å²) in [6, 6.07) is 8.17. The molecule has 1 aliphatic heterocycles. The van der Waals surface area contributed by atoms with E-state index in [2.05, 4.69) is 32.7 Å². The number of aromatic nitrogens is 4. The first-order chi connectivity index (χ1) is 12.8. The van der Waals surface area contributed by atoms with E-state index in [-0.39, 0.29) is 0 Å². The third-order valence-electron chi connectivity index (χ3n) is 5.12. The van der Waals surface area contributed by atoms with Gasteiger partial charge in [-0.05, 0) is 37.0 Å². The van der Waals surface area contributed by atoms with Crippen LogP contribution in [0.25, 0.3) is 5.65 Å². The van der Waals surface area contributed by atoms with Crippen molar-refractivity contribution in [1.29, 1.82) is 0 Å². The molecule has 7 heteroatoms. The van der Waals surface area contributed by atoms with Crippen LogP contribution in [0.15, 0.2) is 30.6 Å². The van der Waals surface area contributed by atoms with Gasteiger partial charge in [0.05, 0.1) is 25.1 Å². The van der Waals surface area contributed by atoms with Gasteiger partial charge in [0.1, 0.15) is 17.8 Å². The number of methoxy groups -OCH3 is 1. The molecule has 0 spiro atoms. The van der Waals surface area contributed by atoms with Gasteiger partial charge >= 0.3 is 0 Å². The number of anilines is 1. The summed E-state index contributed by atoms with van der Waals surface area (Å²) < 4.78 is 13.0. The van der Waals surface area contributed by atoms with Crippen LogP contribution in [0.5, 0.6) is 11.5 Å². The van der Waals surface area contributed by atoms with E-state index in [4.69, 9.17) is 9.47 Å². The highest BCUT2D eigenvalue weighted by atomic mass is 16.5. The fourth-order valence-electron chi connectivity index (χ4n) is 3.48. The average molecular weight is 351 g/mol. The number of rotatable bonds is 5. The van der Waals surface area contributed by atoms with Gasteiger partial charge in [-0.1, -0.05) is 6.07 Å². The molecule has 0 bridgehead atoms. The van der Waals surface area contributed by atoms with Crippen LogP contribution >= 0.6 is 0 Å². The molecule has 1 N–H and O–H groups in total. The van der Waals surface area contributed by atoms with Crippen LogP contribution in [0.4, 0.5) is 5.69 Å². The monoisotopic (exact) mass is 351 g/mol. The molecular formula is C19H21N5O2. The van der Waals surface area contributed by atoms with Gasteiger partial charge in [0.15, 0.2) is 0 Å². The molecule has 7 nitrogen and oxygen atoms in total. The summed E-state index contributed by atoms with van der Waals surface area (Å²) in [5.41, 5.74) is 4.12. The maximum atomic E-state index is 5.95. The molecular weight excluding hydrogens is 330 g/mol. The molecule has 3 aromatic rings. The molecule has 0 amide bonds. The molecule has 2 aliphatic rings. The van der Waals surface area contributed by atoms with E-state index >= 15 is 0 Å². The van der Waals surface area contributed by atoms with Gasteiger partial charge in [0.2, 0.25) is 5.65 Å². The van der Waals surface area contributed by atoms with E-state index in [9.17, 15) is 0 Å². The Morgan fingerprint density at radius 1 is 1.31 bits per heavy atom. The van der Waals surface area contributed by atoms with Gasteiger partial charge in [-0.25, -0.2) is 0 Å². The average Bonchev–Trinajstić information content (AvgIpc) is 3.42. The minimum absolute atomic E-state index is 0.399. The molecule has 1 unspecified atom stereocenters. The zero-order valence-electron chi connectivity index (χ0n) is 14.7. The highest BCUT2D eigenvalue weighted by molar-refractivity contribution is 5.67. The summed E-state index contributed by atoms with van der Waals surface area (Å²) in [6.07, 6.45) is 5.09. The van der Waals surface area contributed by atoms with Crippen LogP contribution < -0.4 is 14.8 Å². The Morgan fingerprint density at radius 2 is 2.23 bits per heavy atom. The molecule has 1 saturated carbocycles. The fourth-order valence-corrected chi connectivity index (χ4v) is 3.48. The summed E-state index contributed by atoms with van der Waals surface area (Å²) in [5.74, 6) is 2.75. The Bertz CT molecular complexity index is 950. The lowest BCUT2D eigenvalue weighted by Gasteiger charge is -2.26. The predicted molar refractivity (Wildman–Crippen MR) is 96.9 cm³/mol. The molecule has 1 fully saturated rings. The molecule has 26 heavy (non-hydrogen) atoms. The Balaban J connectivity index is 1.32. The van der Waals surface area contributed by atoms with E-state index < -0.39 is 0 Å². The second-order valence-corrected chi connectivity index (χ2v) is 7.09. The van der Waals surface area contributed by atoms with Crippen molar-refractivity contribution in [3.8, 4) is 11.5 Å². The number of nitrogens with one attached hydrogen (secondary N) is 1. The lowest BCUT2D eigenvalue weighted by molar-refractivity contribution is 0.228. The van der Waals surface area contributed by atoms with Crippen molar-refractivity contribution in [2.24, 2.45) is 5.92 Å². The van der Waals surface area contributed by atoms with Gasteiger partial charge in [0.25, 0.3) is 0 Å². The number of benzene rings is 1. The van der Waals surface area contributed by atoms with E-state index in [1.807, 2.05) is 12.1 Å². The highest BCUT2D eigenvalue weighted by Gasteiger charge is 2.27. The molecule has 0 radical (unpaired) electrons. The Hall–Kier alpha value is -2.83. The van der Waals surface area contributed by atoms with Crippen LogP contribution in [-0.4, -0.2) is 40.1 Å². The highest BCUT2D eigenvalue weighted by Crippen LogP contribution is 2.40.